The van der Waals surface area contributed by atoms with Gasteiger partial charge in [0.15, 0.2) is 0 Å². The van der Waals surface area contributed by atoms with Crippen LogP contribution in [0.3, 0.4) is 0 Å². The highest BCUT2D eigenvalue weighted by Gasteiger charge is 2.13. The summed E-state index contributed by atoms with van der Waals surface area (Å²) in [5, 5.41) is 3.68. The highest BCUT2D eigenvalue weighted by molar-refractivity contribution is 5.34. The Balaban J connectivity index is 2.01. The van der Waals surface area contributed by atoms with Gasteiger partial charge in [-0.15, -0.1) is 0 Å². The van der Waals surface area contributed by atoms with Crippen molar-refractivity contribution in [2.45, 2.75) is 39.3 Å². The minimum Gasteiger partial charge on any atom is -0.496 e. The molecule has 0 aliphatic carbocycles. The van der Waals surface area contributed by atoms with Crippen molar-refractivity contribution in [2.24, 2.45) is 0 Å². The Morgan fingerprint density at radius 1 is 1.00 bits per heavy atom. The molecule has 0 fully saturated rings. The molecule has 112 valence electrons. The van der Waals surface area contributed by atoms with Gasteiger partial charge in [-0.2, -0.15) is 0 Å². The van der Waals surface area contributed by atoms with Crippen molar-refractivity contribution < 1.29 is 4.74 Å². The summed E-state index contributed by atoms with van der Waals surface area (Å²) in [6.07, 6.45) is 0.959. The Morgan fingerprint density at radius 2 is 1.67 bits per heavy atom. The van der Waals surface area contributed by atoms with E-state index in [9.17, 15) is 0 Å². The van der Waals surface area contributed by atoms with Crippen LogP contribution in [0.15, 0.2) is 48.5 Å². The molecule has 2 atom stereocenters. The Hall–Kier alpha value is -1.80. The first-order valence-corrected chi connectivity index (χ1v) is 7.55. The minimum atomic E-state index is 0.343. The first-order chi connectivity index (χ1) is 10.1. The second-order valence-corrected chi connectivity index (χ2v) is 5.66. The van der Waals surface area contributed by atoms with Gasteiger partial charge < -0.3 is 10.1 Å². The van der Waals surface area contributed by atoms with Gasteiger partial charge in [-0.1, -0.05) is 42.5 Å². The number of methoxy groups -OCH3 is 1. The lowest BCUT2D eigenvalue weighted by Gasteiger charge is -2.22. The van der Waals surface area contributed by atoms with E-state index in [1.807, 2.05) is 12.1 Å². The fourth-order valence-corrected chi connectivity index (χ4v) is 2.85. The van der Waals surface area contributed by atoms with Crippen LogP contribution >= 0.6 is 0 Å². The maximum atomic E-state index is 5.43. The summed E-state index contributed by atoms with van der Waals surface area (Å²) >= 11 is 0. The van der Waals surface area contributed by atoms with E-state index in [-0.39, 0.29) is 0 Å². The monoisotopic (exact) mass is 283 g/mol. The van der Waals surface area contributed by atoms with Crippen molar-refractivity contribution in [3.05, 3.63) is 65.2 Å². The number of rotatable bonds is 6. The molecule has 0 heterocycles. The standard InChI is InChI=1S/C19H25NO/c1-14-9-5-7-11-18(14)16(3)20-15(2)13-17-10-6-8-12-19(17)21-4/h5-12,15-16,20H,13H2,1-4H3/t15?,16-/m0/s1. The number of hydrogen-bond acceptors (Lipinski definition) is 2. The zero-order valence-corrected chi connectivity index (χ0v) is 13.4. The second-order valence-electron chi connectivity index (χ2n) is 5.66. The van der Waals surface area contributed by atoms with Gasteiger partial charge in [-0.25, -0.2) is 0 Å². The lowest BCUT2D eigenvalue weighted by molar-refractivity contribution is 0.403. The first-order valence-electron chi connectivity index (χ1n) is 7.55. The molecule has 2 heteroatoms. The Labute approximate surface area is 128 Å². The smallest absolute Gasteiger partial charge is 0.122 e. The lowest BCUT2D eigenvalue weighted by Crippen LogP contribution is -2.31. The van der Waals surface area contributed by atoms with E-state index in [4.69, 9.17) is 4.74 Å². The Kier molecular flexibility index (Phi) is 5.40. The minimum absolute atomic E-state index is 0.343. The third-order valence-corrected chi connectivity index (χ3v) is 3.91. The molecule has 0 aliphatic heterocycles. The van der Waals surface area contributed by atoms with Gasteiger partial charge in [0, 0.05) is 12.1 Å². The molecule has 0 aromatic heterocycles. The van der Waals surface area contributed by atoms with Crippen LogP contribution < -0.4 is 10.1 Å². The molecule has 0 spiro atoms. The molecule has 2 nitrogen and oxygen atoms in total. The largest absolute Gasteiger partial charge is 0.496 e. The predicted molar refractivity (Wildman–Crippen MR) is 88.9 cm³/mol. The van der Waals surface area contributed by atoms with E-state index in [0.717, 1.165) is 12.2 Å². The Morgan fingerprint density at radius 3 is 2.38 bits per heavy atom. The molecule has 2 aromatic rings. The zero-order valence-electron chi connectivity index (χ0n) is 13.4. The van der Waals surface area contributed by atoms with Gasteiger partial charge in [0.25, 0.3) is 0 Å². The van der Waals surface area contributed by atoms with Crippen molar-refractivity contribution in [1.82, 2.24) is 5.32 Å². The summed E-state index contributed by atoms with van der Waals surface area (Å²) in [5.74, 6) is 0.967. The summed E-state index contributed by atoms with van der Waals surface area (Å²) in [6, 6.07) is 17.5. The summed E-state index contributed by atoms with van der Waals surface area (Å²) in [4.78, 5) is 0. The van der Waals surface area contributed by atoms with E-state index in [1.54, 1.807) is 7.11 Å². The SMILES string of the molecule is COc1ccccc1CC(C)N[C@@H](C)c1ccccc1C. The number of hydrogen-bond donors (Lipinski definition) is 1. The van der Waals surface area contributed by atoms with Crippen molar-refractivity contribution in [1.29, 1.82) is 0 Å². The van der Waals surface area contributed by atoms with Crippen LogP contribution in [0.1, 0.15) is 36.6 Å². The fourth-order valence-electron chi connectivity index (χ4n) is 2.85. The van der Waals surface area contributed by atoms with Gasteiger partial charge in [0.1, 0.15) is 5.75 Å². The molecule has 1 unspecified atom stereocenters. The molecule has 0 bridgehead atoms. The zero-order chi connectivity index (χ0) is 15.2. The number of nitrogens with one attached hydrogen (secondary N) is 1. The molecule has 21 heavy (non-hydrogen) atoms. The molecule has 2 rings (SSSR count). The molecule has 1 N–H and O–H groups in total. The Bertz CT molecular complexity index is 579. The quantitative estimate of drug-likeness (QED) is 0.854. The number of aryl methyl sites for hydroxylation is 1. The highest BCUT2D eigenvalue weighted by atomic mass is 16.5. The topological polar surface area (TPSA) is 21.3 Å². The van der Waals surface area contributed by atoms with Gasteiger partial charge in [-0.05, 0) is 49.9 Å². The lowest BCUT2D eigenvalue weighted by atomic mass is 10.0. The van der Waals surface area contributed by atoms with Crippen molar-refractivity contribution in [3.8, 4) is 5.75 Å². The van der Waals surface area contributed by atoms with Crippen LogP contribution in [0.25, 0.3) is 0 Å². The predicted octanol–water partition coefficient (Wildman–Crippen LogP) is 4.29. The van der Waals surface area contributed by atoms with Crippen molar-refractivity contribution in [3.63, 3.8) is 0 Å². The summed E-state index contributed by atoms with van der Waals surface area (Å²) in [5.41, 5.74) is 3.95. The summed E-state index contributed by atoms with van der Waals surface area (Å²) < 4.78 is 5.43. The van der Waals surface area contributed by atoms with Crippen LogP contribution in [0.2, 0.25) is 0 Å². The van der Waals surface area contributed by atoms with Crippen molar-refractivity contribution in [2.75, 3.05) is 7.11 Å². The molecule has 0 radical (unpaired) electrons. The van der Waals surface area contributed by atoms with E-state index >= 15 is 0 Å². The molecular formula is C19H25NO. The fraction of sp³-hybridized carbons (Fsp3) is 0.368. The molecular weight excluding hydrogens is 258 g/mol. The van der Waals surface area contributed by atoms with Crippen LogP contribution in [0, 0.1) is 6.92 Å². The number of ether oxygens (including phenoxy) is 1. The molecule has 0 saturated heterocycles. The maximum absolute atomic E-state index is 5.43. The molecule has 0 aliphatic rings. The third kappa shape index (κ3) is 4.08. The van der Waals surface area contributed by atoms with Crippen LogP contribution in [-0.2, 0) is 6.42 Å². The number of para-hydroxylation sites is 1. The van der Waals surface area contributed by atoms with E-state index < -0.39 is 0 Å². The summed E-state index contributed by atoms with van der Waals surface area (Å²) in [7, 11) is 1.73. The maximum Gasteiger partial charge on any atom is 0.122 e. The van der Waals surface area contributed by atoms with Gasteiger partial charge >= 0.3 is 0 Å². The molecule has 2 aromatic carbocycles. The third-order valence-electron chi connectivity index (χ3n) is 3.91. The van der Waals surface area contributed by atoms with E-state index in [1.165, 1.54) is 16.7 Å². The van der Waals surface area contributed by atoms with Gasteiger partial charge in [0.05, 0.1) is 7.11 Å². The average molecular weight is 283 g/mol. The van der Waals surface area contributed by atoms with Gasteiger partial charge in [0.2, 0.25) is 0 Å². The van der Waals surface area contributed by atoms with Crippen LogP contribution in [-0.4, -0.2) is 13.2 Å². The highest BCUT2D eigenvalue weighted by Crippen LogP contribution is 2.21. The second kappa shape index (κ2) is 7.28. The van der Waals surface area contributed by atoms with E-state index in [2.05, 4.69) is 62.5 Å². The summed E-state index contributed by atoms with van der Waals surface area (Å²) in [6.45, 7) is 6.61. The molecule has 0 amide bonds. The average Bonchev–Trinajstić information content (AvgIpc) is 2.48. The normalized spacial score (nSPS) is 13.7. The molecule has 0 saturated carbocycles. The van der Waals surface area contributed by atoms with Crippen molar-refractivity contribution >= 4 is 0 Å². The van der Waals surface area contributed by atoms with Gasteiger partial charge in [-0.3, -0.25) is 0 Å². The van der Waals surface area contributed by atoms with Crippen LogP contribution in [0.4, 0.5) is 0 Å². The first kappa shape index (κ1) is 15.6. The van der Waals surface area contributed by atoms with E-state index in [0.29, 0.717) is 12.1 Å². The van der Waals surface area contributed by atoms with Crippen LogP contribution in [0.5, 0.6) is 5.75 Å². The number of benzene rings is 2.